The number of nitrogens with zero attached hydrogens (tertiary/aromatic N) is 1. The summed E-state index contributed by atoms with van der Waals surface area (Å²) in [5.74, 6) is 0.696. The molecule has 3 unspecified atom stereocenters. The molecule has 3 heteroatoms. The van der Waals surface area contributed by atoms with Gasteiger partial charge in [-0.25, -0.2) is 0 Å². The van der Waals surface area contributed by atoms with Gasteiger partial charge in [0.1, 0.15) is 0 Å². The summed E-state index contributed by atoms with van der Waals surface area (Å²) in [5.41, 5.74) is 2.60. The van der Waals surface area contributed by atoms with Crippen LogP contribution in [0.25, 0.3) is 0 Å². The number of aryl methyl sites for hydroxylation is 1. The van der Waals surface area contributed by atoms with Gasteiger partial charge in [0.05, 0.1) is 6.10 Å². The molecule has 1 N–H and O–H groups in total. The van der Waals surface area contributed by atoms with E-state index in [0.717, 1.165) is 18.8 Å². The predicted molar refractivity (Wildman–Crippen MR) is 75.8 cm³/mol. The summed E-state index contributed by atoms with van der Waals surface area (Å²) >= 11 is 0. The van der Waals surface area contributed by atoms with Gasteiger partial charge in [0, 0.05) is 42.4 Å². The van der Waals surface area contributed by atoms with E-state index in [4.69, 9.17) is 4.74 Å². The second-order valence-corrected chi connectivity index (χ2v) is 6.59. The highest BCUT2D eigenvalue weighted by Crippen LogP contribution is 2.51. The van der Waals surface area contributed by atoms with Crippen molar-refractivity contribution >= 4 is 0 Å². The number of ether oxygens (including phenoxy) is 1. The summed E-state index contributed by atoms with van der Waals surface area (Å²) in [7, 11) is 0. The van der Waals surface area contributed by atoms with E-state index < -0.39 is 0 Å². The lowest BCUT2D eigenvalue weighted by molar-refractivity contribution is -0.192. The summed E-state index contributed by atoms with van der Waals surface area (Å²) in [6.45, 7) is 8.52. The van der Waals surface area contributed by atoms with E-state index >= 15 is 0 Å². The molecule has 2 fully saturated rings. The number of fused-ring (bicyclic) bond motifs is 1. The Balaban J connectivity index is 1.62. The number of nitrogens with one attached hydrogen (secondary N) is 1. The summed E-state index contributed by atoms with van der Waals surface area (Å²) in [5, 5.41) is 3.72. The van der Waals surface area contributed by atoms with E-state index in [2.05, 4.69) is 36.3 Å². The molecule has 1 aliphatic carbocycles. The highest BCUT2D eigenvalue weighted by molar-refractivity contribution is 5.15. The molecule has 0 spiro atoms. The van der Waals surface area contributed by atoms with E-state index in [0.29, 0.717) is 18.1 Å². The zero-order chi connectivity index (χ0) is 13.5. The Bertz CT molecular complexity index is 441. The second-order valence-electron chi connectivity index (χ2n) is 6.59. The largest absolute Gasteiger partial charge is 0.377 e. The summed E-state index contributed by atoms with van der Waals surface area (Å²) in [6.07, 6.45) is 4.94. The molecule has 0 radical (unpaired) electrons. The van der Waals surface area contributed by atoms with Crippen molar-refractivity contribution in [3.05, 3.63) is 29.6 Å². The van der Waals surface area contributed by atoms with E-state index in [1.807, 2.05) is 13.1 Å². The van der Waals surface area contributed by atoms with Gasteiger partial charge < -0.3 is 10.1 Å². The van der Waals surface area contributed by atoms with E-state index in [1.165, 1.54) is 18.4 Å². The molecule has 3 rings (SSSR count). The lowest BCUT2D eigenvalue weighted by atomic mass is 9.55. The van der Waals surface area contributed by atoms with E-state index in [9.17, 15) is 0 Å². The molecule has 1 saturated carbocycles. The maximum Gasteiger partial charge on any atom is 0.0684 e. The van der Waals surface area contributed by atoms with Crippen molar-refractivity contribution < 1.29 is 4.74 Å². The monoisotopic (exact) mass is 260 g/mol. The first-order valence-corrected chi connectivity index (χ1v) is 7.35. The average Bonchev–Trinajstić information content (AvgIpc) is 2.41. The van der Waals surface area contributed by atoms with Crippen LogP contribution in [-0.4, -0.2) is 23.7 Å². The molecule has 19 heavy (non-hydrogen) atoms. The van der Waals surface area contributed by atoms with Crippen LogP contribution in [0.4, 0.5) is 0 Å². The van der Waals surface area contributed by atoms with Crippen LogP contribution in [-0.2, 0) is 11.3 Å². The van der Waals surface area contributed by atoms with Crippen molar-refractivity contribution in [1.82, 2.24) is 10.3 Å². The Hall–Kier alpha value is -0.930. The lowest BCUT2D eigenvalue weighted by Gasteiger charge is -2.60. The van der Waals surface area contributed by atoms with Gasteiger partial charge in [0.2, 0.25) is 0 Å². The molecule has 2 aliphatic rings. The van der Waals surface area contributed by atoms with Crippen molar-refractivity contribution in [2.45, 2.75) is 52.3 Å². The normalized spacial score (nSPS) is 32.5. The van der Waals surface area contributed by atoms with E-state index in [1.54, 1.807) is 0 Å². The fourth-order valence-electron chi connectivity index (χ4n) is 3.77. The smallest absolute Gasteiger partial charge is 0.0684 e. The molecule has 3 atom stereocenters. The van der Waals surface area contributed by atoms with Gasteiger partial charge in [0.25, 0.3) is 0 Å². The minimum Gasteiger partial charge on any atom is -0.377 e. The first-order valence-electron chi connectivity index (χ1n) is 7.35. The van der Waals surface area contributed by atoms with Crippen molar-refractivity contribution in [2.75, 3.05) is 6.61 Å². The van der Waals surface area contributed by atoms with Crippen LogP contribution in [0.2, 0.25) is 0 Å². The van der Waals surface area contributed by atoms with Crippen molar-refractivity contribution in [3.8, 4) is 0 Å². The quantitative estimate of drug-likeness (QED) is 0.907. The fourth-order valence-corrected chi connectivity index (χ4v) is 3.77. The molecule has 104 valence electrons. The molecule has 0 aromatic carbocycles. The molecule has 2 heterocycles. The standard InChI is InChI=1S/C16H24N2O/c1-11-6-7-12(9-17-11)10-18-14-13-5-4-8-19-15(13)16(14,2)3/h6-7,9,13-15,18H,4-5,8,10H2,1-3H3. The minimum atomic E-state index is 0.253. The van der Waals surface area contributed by atoms with Crippen LogP contribution in [0.1, 0.15) is 37.9 Å². The van der Waals surface area contributed by atoms with Gasteiger partial charge in [-0.05, 0) is 31.4 Å². The number of rotatable bonds is 3. The lowest BCUT2D eigenvalue weighted by Crippen LogP contribution is -2.69. The summed E-state index contributed by atoms with van der Waals surface area (Å²) in [4.78, 5) is 4.35. The molecule has 1 saturated heterocycles. The van der Waals surface area contributed by atoms with Gasteiger partial charge >= 0.3 is 0 Å². The second kappa shape index (κ2) is 4.88. The average molecular weight is 260 g/mol. The third kappa shape index (κ3) is 2.30. The third-order valence-electron chi connectivity index (χ3n) is 4.83. The first-order chi connectivity index (χ1) is 9.09. The maximum atomic E-state index is 5.94. The summed E-state index contributed by atoms with van der Waals surface area (Å²) < 4.78 is 5.94. The first kappa shape index (κ1) is 13.1. The molecule has 1 aromatic heterocycles. The molecule has 0 amide bonds. The molecule has 1 aliphatic heterocycles. The number of hydrogen-bond donors (Lipinski definition) is 1. The van der Waals surface area contributed by atoms with Crippen molar-refractivity contribution in [3.63, 3.8) is 0 Å². The van der Waals surface area contributed by atoms with Gasteiger partial charge in [-0.2, -0.15) is 0 Å². The highest BCUT2D eigenvalue weighted by atomic mass is 16.5. The van der Waals surface area contributed by atoms with Gasteiger partial charge in [-0.3, -0.25) is 4.98 Å². The molecular weight excluding hydrogens is 236 g/mol. The molecule has 1 aromatic rings. The Morgan fingerprint density at radius 1 is 1.42 bits per heavy atom. The zero-order valence-corrected chi connectivity index (χ0v) is 12.1. The summed E-state index contributed by atoms with van der Waals surface area (Å²) in [6, 6.07) is 4.81. The third-order valence-corrected chi connectivity index (χ3v) is 4.83. The predicted octanol–water partition coefficient (Wildman–Crippen LogP) is 2.68. The molecular formula is C16H24N2O. The SMILES string of the molecule is Cc1ccc(CNC2C3CCCOC3C2(C)C)cn1. The van der Waals surface area contributed by atoms with Crippen LogP contribution in [0.15, 0.2) is 18.3 Å². The van der Waals surface area contributed by atoms with Crippen molar-refractivity contribution in [2.24, 2.45) is 11.3 Å². The topological polar surface area (TPSA) is 34.1 Å². The van der Waals surface area contributed by atoms with E-state index in [-0.39, 0.29) is 5.41 Å². The Kier molecular flexibility index (Phi) is 3.35. The molecule has 3 nitrogen and oxygen atoms in total. The van der Waals surface area contributed by atoms with Crippen LogP contribution in [0.5, 0.6) is 0 Å². The Labute approximate surface area is 115 Å². The maximum absolute atomic E-state index is 5.94. The van der Waals surface area contributed by atoms with Crippen LogP contribution in [0, 0.1) is 18.3 Å². The van der Waals surface area contributed by atoms with Gasteiger partial charge in [-0.1, -0.05) is 19.9 Å². The number of hydrogen-bond acceptors (Lipinski definition) is 3. The zero-order valence-electron chi connectivity index (χ0n) is 12.1. The number of aromatic nitrogens is 1. The van der Waals surface area contributed by atoms with Crippen LogP contribution >= 0.6 is 0 Å². The highest BCUT2D eigenvalue weighted by Gasteiger charge is 2.57. The fraction of sp³-hybridized carbons (Fsp3) is 0.688. The van der Waals surface area contributed by atoms with Gasteiger partial charge in [-0.15, -0.1) is 0 Å². The minimum absolute atomic E-state index is 0.253. The van der Waals surface area contributed by atoms with Gasteiger partial charge in [0.15, 0.2) is 0 Å². The van der Waals surface area contributed by atoms with Crippen LogP contribution in [0.3, 0.4) is 0 Å². The Morgan fingerprint density at radius 2 is 2.26 bits per heavy atom. The van der Waals surface area contributed by atoms with Crippen molar-refractivity contribution in [1.29, 1.82) is 0 Å². The Morgan fingerprint density at radius 3 is 3.00 bits per heavy atom. The number of pyridine rings is 1. The van der Waals surface area contributed by atoms with Crippen LogP contribution < -0.4 is 5.32 Å². The molecule has 0 bridgehead atoms.